The van der Waals surface area contributed by atoms with Crippen LogP contribution in [0.2, 0.25) is 0 Å². The number of aliphatic hydroxyl groups excluding tert-OH is 2. The number of nitrogen functional groups attached to an aromatic ring is 1. The van der Waals surface area contributed by atoms with Crippen LogP contribution in [0.5, 0.6) is 0 Å². The molecule has 2 aromatic heterocycles. The Hall–Kier alpha value is -1.49. The summed E-state index contributed by atoms with van der Waals surface area (Å²) in [5.41, 5.74) is 5.88. The Labute approximate surface area is 124 Å². The molecule has 0 aromatic carbocycles. The molecule has 10 heteroatoms. The summed E-state index contributed by atoms with van der Waals surface area (Å²) < 4.78 is 20.2. The van der Waals surface area contributed by atoms with Crippen molar-refractivity contribution in [2.45, 2.75) is 12.3 Å². The number of anilines is 1. The molecule has 0 radical (unpaired) electrons. The van der Waals surface area contributed by atoms with Crippen molar-refractivity contribution in [2.75, 3.05) is 31.0 Å². The van der Waals surface area contributed by atoms with Gasteiger partial charge in [0, 0.05) is 5.75 Å². The average Bonchev–Trinajstić information content (AvgIpc) is 2.87. The van der Waals surface area contributed by atoms with Crippen LogP contribution in [0.25, 0.3) is 11.2 Å². The smallest absolute Gasteiger partial charge is 0.312 e. The minimum absolute atomic E-state index is 0.0988. The number of nitrogens with zero attached hydrogens (tertiary/aromatic N) is 4. The standard InChI is InChI=1S/C11H16FN5O3S/c1-21-3-2-20-10(6(19)4-18)17-5-14-7-8(13)15-11(12)16-9(7)17/h5-6,10,18-19H,2-4H2,1H3,(H2,13,15,16)/t6-,10?/m1/s1. The van der Waals surface area contributed by atoms with Gasteiger partial charge in [-0.25, -0.2) is 4.98 Å². The summed E-state index contributed by atoms with van der Waals surface area (Å²) in [4.78, 5) is 11.0. The van der Waals surface area contributed by atoms with Gasteiger partial charge in [0.15, 0.2) is 23.2 Å². The molecule has 1 unspecified atom stereocenters. The number of thioether (sulfide) groups is 1. The van der Waals surface area contributed by atoms with E-state index in [0.29, 0.717) is 12.4 Å². The van der Waals surface area contributed by atoms with Crippen LogP contribution in [-0.2, 0) is 4.74 Å². The van der Waals surface area contributed by atoms with E-state index in [4.69, 9.17) is 15.6 Å². The molecule has 21 heavy (non-hydrogen) atoms. The summed E-state index contributed by atoms with van der Waals surface area (Å²) in [7, 11) is 0. The predicted octanol–water partition coefficient (Wildman–Crippen LogP) is -0.221. The number of halogens is 1. The van der Waals surface area contributed by atoms with E-state index in [2.05, 4.69) is 15.0 Å². The lowest BCUT2D eigenvalue weighted by molar-refractivity contribution is -0.0916. The lowest BCUT2D eigenvalue weighted by Gasteiger charge is -2.23. The summed E-state index contributed by atoms with van der Waals surface area (Å²) in [6, 6.07) is 0. The molecule has 116 valence electrons. The van der Waals surface area contributed by atoms with Crippen LogP contribution in [-0.4, -0.2) is 61.1 Å². The van der Waals surface area contributed by atoms with E-state index in [9.17, 15) is 9.50 Å². The number of imidazole rings is 1. The van der Waals surface area contributed by atoms with Crippen LogP contribution in [0.4, 0.5) is 10.2 Å². The van der Waals surface area contributed by atoms with Crippen LogP contribution in [0.15, 0.2) is 6.33 Å². The highest BCUT2D eigenvalue weighted by Crippen LogP contribution is 2.22. The Morgan fingerprint density at radius 3 is 2.95 bits per heavy atom. The first kappa shape index (κ1) is 15.9. The zero-order chi connectivity index (χ0) is 15.4. The van der Waals surface area contributed by atoms with Gasteiger partial charge in [-0.05, 0) is 6.26 Å². The summed E-state index contributed by atoms with van der Waals surface area (Å²) >= 11 is 1.57. The predicted molar refractivity (Wildman–Crippen MR) is 76.2 cm³/mol. The number of nitrogens with two attached hydrogens (primary N) is 1. The van der Waals surface area contributed by atoms with Gasteiger partial charge in [0.05, 0.1) is 19.5 Å². The highest BCUT2D eigenvalue weighted by Gasteiger charge is 2.24. The van der Waals surface area contributed by atoms with Crippen LogP contribution in [0.3, 0.4) is 0 Å². The second-order valence-electron chi connectivity index (χ2n) is 4.21. The molecule has 2 heterocycles. The first-order chi connectivity index (χ1) is 10.1. The quantitative estimate of drug-likeness (QED) is 0.473. The second kappa shape index (κ2) is 6.98. The maximum Gasteiger partial charge on any atom is 0.312 e. The molecule has 2 aromatic rings. The molecular formula is C11H16FN5O3S. The topological polar surface area (TPSA) is 119 Å². The summed E-state index contributed by atoms with van der Waals surface area (Å²) in [5.74, 6) is 0.602. The largest absolute Gasteiger partial charge is 0.394 e. The van der Waals surface area contributed by atoms with E-state index >= 15 is 0 Å². The number of aromatic nitrogens is 4. The van der Waals surface area contributed by atoms with Crippen molar-refractivity contribution in [3.8, 4) is 0 Å². The second-order valence-corrected chi connectivity index (χ2v) is 5.19. The molecule has 0 saturated carbocycles. The van der Waals surface area contributed by atoms with Crippen molar-refractivity contribution in [1.29, 1.82) is 0 Å². The summed E-state index contributed by atoms with van der Waals surface area (Å²) in [6.07, 6.45) is 0.0848. The highest BCUT2D eigenvalue weighted by atomic mass is 32.2. The van der Waals surface area contributed by atoms with Crippen molar-refractivity contribution >= 4 is 28.7 Å². The van der Waals surface area contributed by atoms with E-state index in [1.807, 2.05) is 6.26 Å². The van der Waals surface area contributed by atoms with Gasteiger partial charge >= 0.3 is 6.08 Å². The normalized spacial score (nSPS) is 14.5. The third-order valence-corrected chi connectivity index (χ3v) is 3.36. The van der Waals surface area contributed by atoms with Crippen LogP contribution >= 0.6 is 11.8 Å². The van der Waals surface area contributed by atoms with Gasteiger partial charge in [0.1, 0.15) is 6.10 Å². The van der Waals surface area contributed by atoms with Gasteiger partial charge in [-0.2, -0.15) is 26.1 Å². The lowest BCUT2D eigenvalue weighted by atomic mass is 10.3. The number of hydrogen-bond acceptors (Lipinski definition) is 8. The Morgan fingerprint density at radius 2 is 2.29 bits per heavy atom. The van der Waals surface area contributed by atoms with Gasteiger partial charge in [-0.1, -0.05) is 0 Å². The SMILES string of the molecule is CSCCOC([C@H](O)CO)n1cnc2c(N)nc(F)nc21. The molecule has 0 aliphatic rings. The molecule has 0 aliphatic heterocycles. The zero-order valence-corrected chi connectivity index (χ0v) is 12.1. The number of fused-ring (bicyclic) bond motifs is 1. The number of hydrogen-bond donors (Lipinski definition) is 3. The van der Waals surface area contributed by atoms with Crippen molar-refractivity contribution in [3.63, 3.8) is 0 Å². The number of rotatable bonds is 7. The van der Waals surface area contributed by atoms with E-state index in [0.717, 1.165) is 0 Å². The Balaban J connectivity index is 2.39. The van der Waals surface area contributed by atoms with Crippen LogP contribution in [0, 0.1) is 6.08 Å². The monoisotopic (exact) mass is 317 g/mol. The van der Waals surface area contributed by atoms with Gasteiger partial charge in [0.2, 0.25) is 0 Å². The van der Waals surface area contributed by atoms with Gasteiger partial charge in [0.25, 0.3) is 0 Å². The van der Waals surface area contributed by atoms with Gasteiger partial charge < -0.3 is 20.7 Å². The molecule has 0 saturated heterocycles. The molecule has 0 fully saturated rings. The molecule has 0 aliphatic carbocycles. The van der Waals surface area contributed by atoms with Crippen molar-refractivity contribution in [3.05, 3.63) is 12.4 Å². The van der Waals surface area contributed by atoms with E-state index in [1.54, 1.807) is 11.8 Å². The van der Waals surface area contributed by atoms with E-state index < -0.39 is 25.0 Å². The number of ether oxygens (including phenoxy) is 1. The van der Waals surface area contributed by atoms with Gasteiger partial charge in [-0.15, -0.1) is 0 Å². The van der Waals surface area contributed by atoms with E-state index in [-0.39, 0.29) is 17.0 Å². The molecule has 4 N–H and O–H groups in total. The zero-order valence-electron chi connectivity index (χ0n) is 11.3. The van der Waals surface area contributed by atoms with E-state index in [1.165, 1.54) is 10.9 Å². The fourth-order valence-corrected chi connectivity index (χ4v) is 2.08. The molecule has 0 spiro atoms. The van der Waals surface area contributed by atoms with Crippen molar-refractivity contribution < 1.29 is 19.3 Å². The summed E-state index contributed by atoms with van der Waals surface area (Å²) in [5, 5.41) is 19.0. The third kappa shape index (κ3) is 3.40. The van der Waals surface area contributed by atoms with Gasteiger partial charge in [-0.3, -0.25) is 4.57 Å². The minimum atomic E-state index is -1.21. The maximum absolute atomic E-state index is 13.3. The fourth-order valence-electron chi connectivity index (χ4n) is 1.82. The molecule has 0 bridgehead atoms. The Morgan fingerprint density at radius 1 is 1.52 bits per heavy atom. The molecular weight excluding hydrogens is 301 g/mol. The Bertz CT molecular complexity index is 611. The molecule has 8 nitrogen and oxygen atoms in total. The molecule has 2 atom stereocenters. The van der Waals surface area contributed by atoms with Crippen molar-refractivity contribution in [1.82, 2.24) is 19.5 Å². The summed E-state index contributed by atoms with van der Waals surface area (Å²) in [6.45, 7) is -0.182. The molecule has 0 amide bonds. The highest BCUT2D eigenvalue weighted by molar-refractivity contribution is 7.98. The van der Waals surface area contributed by atoms with Crippen LogP contribution in [0.1, 0.15) is 6.23 Å². The Kier molecular flexibility index (Phi) is 5.28. The van der Waals surface area contributed by atoms with Crippen molar-refractivity contribution in [2.24, 2.45) is 0 Å². The number of aliphatic hydroxyl groups is 2. The van der Waals surface area contributed by atoms with Crippen LogP contribution < -0.4 is 5.73 Å². The first-order valence-electron chi connectivity index (χ1n) is 6.13. The molecule has 2 rings (SSSR count). The maximum atomic E-state index is 13.3. The third-order valence-electron chi connectivity index (χ3n) is 2.79. The minimum Gasteiger partial charge on any atom is -0.394 e. The lowest BCUT2D eigenvalue weighted by Crippen LogP contribution is -2.30. The first-order valence-corrected chi connectivity index (χ1v) is 7.53. The average molecular weight is 317 g/mol. The fraction of sp³-hybridized carbons (Fsp3) is 0.545.